The normalized spacial score (nSPS) is 32.3. The second kappa shape index (κ2) is 6.11. The van der Waals surface area contributed by atoms with Crippen LogP contribution < -0.4 is 5.32 Å². The average Bonchev–Trinajstić information content (AvgIpc) is 3.16. The fraction of sp³-hybridized carbons (Fsp3) is 0.636. The fourth-order valence-corrected chi connectivity index (χ4v) is 5.52. The summed E-state index contributed by atoms with van der Waals surface area (Å²) in [5.74, 6) is 0.987. The molecule has 3 aliphatic rings. The van der Waals surface area contributed by atoms with Crippen LogP contribution in [0.5, 0.6) is 0 Å². The van der Waals surface area contributed by atoms with Crippen molar-refractivity contribution in [2.45, 2.75) is 65.5 Å². The van der Waals surface area contributed by atoms with E-state index >= 15 is 0 Å². The molecular formula is C22H30N2O2. The number of hydrogen-bond acceptors (Lipinski definition) is 2. The highest BCUT2D eigenvalue weighted by atomic mass is 16.2. The van der Waals surface area contributed by atoms with Crippen molar-refractivity contribution in [1.29, 1.82) is 0 Å². The number of hydrogen-bond donors (Lipinski definition) is 1. The van der Waals surface area contributed by atoms with Crippen LogP contribution in [0.3, 0.4) is 0 Å². The summed E-state index contributed by atoms with van der Waals surface area (Å²) >= 11 is 0. The van der Waals surface area contributed by atoms with Crippen LogP contribution in [0, 0.1) is 16.7 Å². The first-order valence-electron chi connectivity index (χ1n) is 9.99. The second-order valence-corrected chi connectivity index (χ2v) is 9.25. The lowest BCUT2D eigenvalue weighted by Crippen LogP contribution is -2.46. The van der Waals surface area contributed by atoms with Crippen molar-refractivity contribution in [3.05, 3.63) is 35.4 Å². The zero-order chi connectivity index (χ0) is 18.5. The SMILES string of the molecule is CC1(C)[C@H]2CC[C@@]1(C)[C@@H](NC(=O)c1ccc(CN3CCCC3=O)cc1)C2. The van der Waals surface area contributed by atoms with Crippen molar-refractivity contribution < 1.29 is 9.59 Å². The van der Waals surface area contributed by atoms with Crippen molar-refractivity contribution in [1.82, 2.24) is 10.2 Å². The van der Waals surface area contributed by atoms with Gasteiger partial charge in [0.15, 0.2) is 0 Å². The van der Waals surface area contributed by atoms with E-state index in [0.717, 1.165) is 30.9 Å². The van der Waals surface area contributed by atoms with Gasteiger partial charge in [-0.15, -0.1) is 0 Å². The van der Waals surface area contributed by atoms with Gasteiger partial charge in [-0.05, 0) is 60.1 Å². The summed E-state index contributed by atoms with van der Waals surface area (Å²) in [5.41, 5.74) is 2.30. The third-order valence-electron chi connectivity index (χ3n) is 7.86. The minimum absolute atomic E-state index is 0.0309. The summed E-state index contributed by atoms with van der Waals surface area (Å²) < 4.78 is 0. The molecule has 3 atom stereocenters. The van der Waals surface area contributed by atoms with E-state index in [9.17, 15) is 9.59 Å². The number of amides is 2. The lowest BCUT2D eigenvalue weighted by molar-refractivity contribution is -0.128. The van der Waals surface area contributed by atoms with Gasteiger partial charge in [0.2, 0.25) is 5.91 Å². The van der Waals surface area contributed by atoms with Crippen LogP contribution in [0.4, 0.5) is 0 Å². The number of fused-ring (bicyclic) bond motifs is 2. The molecule has 0 aromatic heterocycles. The number of rotatable bonds is 4. The third kappa shape index (κ3) is 2.65. The van der Waals surface area contributed by atoms with E-state index in [1.54, 1.807) is 0 Å². The number of carbonyl (C=O) groups is 2. The van der Waals surface area contributed by atoms with Crippen LogP contribution in [-0.2, 0) is 11.3 Å². The van der Waals surface area contributed by atoms with Crippen LogP contribution in [-0.4, -0.2) is 29.3 Å². The number of likely N-dealkylation sites (tertiary alicyclic amines) is 1. The van der Waals surface area contributed by atoms with Crippen molar-refractivity contribution in [3.8, 4) is 0 Å². The topological polar surface area (TPSA) is 49.4 Å². The molecule has 1 aromatic carbocycles. The predicted octanol–water partition coefficient (Wildman–Crippen LogP) is 3.75. The van der Waals surface area contributed by atoms with Gasteiger partial charge in [0.1, 0.15) is 0 Å². The molecule has 140 valence electrons. The monoisotopic (exact) mass is 354 g/mol. The third-order valence-corrected chi connectivity index (χ3v) is 7.86. The van der Waals surface area contributed by atoms with Gasteiger partial charge in [-0.2, -0.15) is 0 Å². The van der Waals surface area contributed by atoms with Crippen molar-refractivity contribution in [2.24, 2.45) is 16.7 Å². The molecule has 0 radical (unpaired) electrons. The molecule has 2 amide bonds. The molecule has 4 nitrogen and oxygen atoms in total. The Balaban J connectivity index is 1.40. The summed E-state index contributed by atoms with van der Waals surface area (Å²) in [4.78, 5) is 26.4. The Labute approximate surface area is 156 Å². The average molecular weight is 354 g/mol. The molecule has 2 aliphatic carbocycles. The van der Waals surface area contributed by atoms with Crippen LogP contribution in [0.25, 0.3) is 0 Å². The summed E-state index contributed by atoms with van der Waals surface area (Å²) in [7, 11) is 0. The van der Waals surface area contributed by atoms with Gasteiger partial charge in [-0.1, -0.05) is 32.9 Å². The van der Waals surface area contributed by atoms with Gasteiger partial charge in [0.25, 0.3) is 5.91 Å². The Morgan fingerprint density at radius 1 is 1.23 bits per heavy atom. The Morgan fingerprint density at radius 3 is 2.50 bits per heavy atom. The van der Waals surface area contributed by atoms with Crippen LogP contribution in [0.1, 0.15) is 68.8 Å². The Kier molecular flexibility index (Phi) is 4.13. The minimum atomic E-state index is 0.0309. The highest BCUT2D eigenvalue weighted by molar-refractivity contribution is 5.94. The second-order valence-electron chi connectivity index (χ2n) is 9.25. The van der Waals surface area contributed by atoms with E-state index in [0.29, 0.717) is 23.9 Å². The van der Waals surface area contributed by atoms with E-state index in [1.165, 1.54) is 12.8 Å². The van der Waals surface area contributed by atoms with Gasteiger partial charge >= 0.3 is 0 Å². The molecule has 26 heavy (non-hydrogen) atoms. The van der Waals surface area contributed by atoms with E-state index < -0.39 is 0 Å². The maximum atomic E-state index is 12.8. The predicted molar refractivity (Wildman–Crippen MR) is 102 cm³/mol. The Hall–Kier alpha value is -1.84. The smallest absolute Gasteiger partial charge is 0.251 e. The zero-order valence-electron chi connectivity index (χ0n) is 16.2. The fourth-order valence-electron chi connectivity index (χ4n) is 5.52. The first kappa shape index (κ1) is 17.6. The van der Waals surface area contributed by atoms with Crippen molar-refractivity contribution in [2.75, 3.05) is 6.54 Å². The highest BCUT2D eigenvalue weighted by Gasteiger charge is 2.61. The maximum Gasteiger partial charge on any atom is 0.251 e. The summed E-state index contributed by atoms with van der Waals surface area (Å²) in [6.45, 7) is 8.58. The molecule has 2 saturated carbocycles. The molecule has 0 unspecified atom stereocenters. The van der Waals surface area contributed by atoms with Crippen LogP contribution in [0.2, 0.25) is 0 Å². The molecule has 1 N–H and O–H groups in total. The summed E-state index contributed by atoms with van der Waals surface area (Å²) in [6.07, 6.45) is 5.22. The molecular weight excluding hydrogens is 324 g/mol. The molecule has 4 heteroatoms. The molecule has 4 rings (SSSR count). The first-order chi connectivity index (χ1) is 12.3. The van der Waals surface area contributed by atoms with Gasteiger partial charge in [-0.3, -0.25) is 9.59 Å². The minimum Gasteiger partial charge on any atom is -0.349 e. The molecule has 1 aromatic rings. The largest absolute Gasteiger partial charge is 0.349 e. The number of benzene rings is 1. The van der Waals surface area contributed by atoms with Gasteiger partial charge in [0, 0.05) is 31.1 Å². The summed E-state index contributed by atoms with van der Waals surface area (Å²) in [5, 5.41) is 3.32. The Bertz CT molecular complexity index is 724. The van der Waals surface area contributed by atoms with Gasteiger partial charge in [0.05, 0.1) is 0 Å². The molecule has 3 fully saturated rings. The zero-order valence-corrected chi connectivity index (χ0v) is 16.2. The highest BCUT2D eigenvalue weighted by Crippen LogP contribution is 2.65. The lowest BCUT2D eigenvalue weighted by Gasteiger charge is -2.39. The standard InChI is InChI=1S/C22H30N2O2/c1-21(2)17-10-11-22(21,3)18(13-17)23-20(26)16-8-6-15(7-9-16)14-24-12-4-5-19(24)25/h6-9,17-18H,4-5,10-14H2,1-3H3,(H,23,26)/t17-,18-,22-/m0/s1. The van der Waals surface area contributed by atoms with Crippen LogP contribution in [0.15, 0.2) is 24.3 Å². The first-order valence-corrected chi connectivity index (χ1v) is 9.99. The molecule has 1 heterocycles. The van der Waals surface area contributed by atoms with E-state index in [1.807, 2.05) is 29.2 Å². The lowest BCUT2D eigenvalue weighted by atomic mass is 9.69. The molecule has 0 spiro atoms. The van der Waals surface area contributed by atoms with Crippen molar-refractivity contribution in [3.63, 3.8) is 0 Å². The molecule has 2 bridgehead atoms. The van der Waals surface area contributed by atoms with Crippen LogP contribution >= 0.6 is 0 Å². The number of nitrogens with one attached hydrogen (secondary N) is 1. The van der Waals surface area contributed by atoms with Gasteiger partial charge in [-0.25, -0.2) is 0 Å². The Morgan fingerprint density at radius 2 is 1.96 bits per heavy atom. The number of nitrogens with zero attached hydrogens (tertiary/aromatic N) is 1. The van der Waals surface area contributed by atoms with E-state index in [2.05, 4.69) is 26.1 Å². The molecule has 1 aliphatic heterocycles. The summed E-state index contributed by atoms with van der Waals surface area (Å²) in [6, 6.07) is 8.02. The number of carbonyl (C=O) groups excluding carboxylic acids is 2. The van der Waals surface area contributed by atoms with Crippen molar-refractivity contribution >= 4 is 11.8 Å². The quantitative estimate of drug-likeness (QED) is 0.895. The van der Waals surface area contributed by atoms with E-state index in [-0.39, 0.29) is 23.3 Å². The molecule has 1 saturated heterocycles. The van der Waals surface area contributed by atoms with Gasteiger partial charge < -0.3 is 10.2 Å². The maximum absolute atomic E-state index is 12.8. The van der Waals surface area contributed by atoms with E-state index in [4.69, 9.17) is 0 Å².